The summed E-state index contributed by atoms with van der Waals surface area (Å²) in [5.74, 6) is -0.861. The van der Waals surface area contributed by atoms with Gasteiger partial charge in [0.15, 0.2) is 0 Å². The zero-order chi connectivity index (χ0) is 7.78. The average Bonchev–Trinajstić information content (AvgIpc) is 1.57. The first kappa shape index (κ1) is 11.0. The summed E-state index contributed by atoms with van der Waals surface area (Å²) in [6.45, 7) is 0.279. The lowest BCUT2D eigenvalue weighted by atomic mass is 9.97. The van der Waals surface area contributed by atoms with E-state index in [9.17, 15) is 17.6 Å². The van der Waals surface area contributed by atoms with Crippen LogP contribution in [-0.2, 0) is 0 Å². The van der Waals surface area contributed by atoms with Crippen LogP contribution in [0.5, 0.6) is 0 Å². The Morgan fingerprint density at radius 2 is 1.73 bits per heavy atom. The minimum atomic E-state index is -4.67. The molecule has 1 rings (SSSR count). The summed E-state index contributed by atoms with van der Waals surface area (Å²) in [5.41, 5.74) is 0. The summed E-state index contributed by atoms with van der Waals surface area (Å²) in [5, 5.41) is 2.57. The highest BCUT2D eigenvalue weighted by molar-refractivity contribution is 5.85. The molecule has 1 aliphatic heterocycles. The van der Waals surface area contributed by atoms with Crippen molar-refractivity contribution in [2.24, 2.45) is 5.92 Å². The molecule has 1 unspecified atom stereocenters. The van der Waals surface area contributed by atoms with Crippen LogP contribution >= 0.6 is 12.4 Å². The Morgan fingerprint density at radius 1 is 1.27 bits per heavy atom. The van der Waals surface area contributed by atoms with Crippen LogP contribution in [0.4, 0.5) is 17.6 Å². The van der Waals surface area contributed by atoms with E-state index in [1.807, 2.05) is 0 Å². The maximum absolute atomic E-state index is 12.2. The van der Waals surface area contributed by atoms with E-state index in [0.29, 0.717) is 0 Å². The van der Waals surface area contributed by atoms with Gasteiger partial charge in [-0.05, 0) is 0 Å². The Kier molecular flexibility index (Phi) is 3.57. The summed E-state index contributed by atoms with van der Waals surface area (Å²) in [4.78, 5) is 0. The molecule has 1 fully saturated rings. The number of rotatable bonds is 1. The lowest BCUT2D eigenvalue weighted by molar-refractivity contribution is -0.198. The molecule has 1 atom stereocenters. The van der Waals surface area contributed by atoms with E-state index in [4.69, 9.17) is 0 Å². The summed E-state index contributed by atoms with van der Waals surface area (Å²) in [6.07, 6.45) is -7.32. The van der Waals surface area contributed by atoms with E-state index in [1.165, 1.54) is 0 Å². The third-order valence-corrected chi connectivity index (χ3v) is 1.54. The minimum absolute atomic E-state index is 0. The summed E-state index contributed by atoms with van der Waals surface area (Å²) >= 11 is 0. The molecule has 0 spiro atoms. The van der Waals surface area contributed by atoms with E-state index in [2.05, 4.69) is 5.32 Å². The molecule has 0 aliphatic carbocycles. The quantitative estimate of drug-likeness (QED) is 0.623. The fourth-order valence-electron chi connectivity index (χ4n) is 0.785. The van der Waals surface area contributed by atoms with Gasteiger partial charge in [-0.25, -0.2) is 4.39 Å². The van der Waals surface area contributed by atoms with Crippen molar-refractivity contribution in [1.29, 1.82) is 0 Å². The van der Waals surface area contributed by atoms with E-state index >= 15 is 0 Å². The first-order valence-corrected chi connectivity index (χ1v) is 2.93. The van der Waals surface area contributed by atoms with Crippen molar-refractivity contribution in [3.63, 3.8) is 0 Å². The number of halogens is 5. The maximum atomic E-state index is 12.2. The van der Waals surface area contributed by atoms with Crippen LogP contribution in [0.1, 0.15) is 0 Å². The molecule has 1 nitrogen and oxygen atoms in total. The molecule has 0 aromatic rings. The second-order valence-corrected chi connectivity index (χ2v) is 2.36. The van der Waals surface area contributed by atoms with E-state index in [1.54, 1.807) is 0 Å². The van der Waals surface area contributed by atoms with Gasteiger partial charge < -0.3 is 5.32 Å². The molecule has 0 radical (unpaired) electrons. The van der Waals surface area contributed by atoms with Gasteiger partial charge in [-0.3, -0.25) is 0 Å². The standard InChI is InChI=1S/C5H7F4N.ClH/c6-4(5(7,8)9)3-1-10-2-3;/h3-4,10H,1-2H2;1H. The van der Waals surface area contributed by atoms with Gasteiger partial charge in [0.25, 0.3) is 0 Å². The second kappa shape index (κ2) is 3.58. The van der Waals surface area contributed by atoms with Crippen LogP contribution in [0.15, 0.2) is 0 Å². The monoisotopic (exact) mass is 193 g/mol. The van der Waals surface area contributed by atoms with Gasteiger partial charge >= 0.3 is 6.18 Å². The first-order valence-electron chi connectivity index (χ1n) is 2.93. The molecular weight excluding hydrogens is 186 g/mol. The molecule has 11 heavy (non-hydrogen) atoms. The lowest BCUT2D eigenvalue weighted by Crippen LogP contribution is -2.51. The highest BCUT2D eigenvalue weighted by Crippen LogP contribution is 2.30. The summed E-state index contributed by atoms with van der Waals surface area (Å²) in [7, 11) is 0. The van der Waals surface area contributed by atoms with Crippen molar-refractivity contribution in [1.82, 2.24) is 5.32 Å². The van der Waals surface area contributed by atoms with Crippen molar-refractivity contribution in [3.8, 4) is 0 Å². The molecule has 68 valence electrons. The van der Waals surface area contributed by atoms with Gasteiger partial charge in [0.1, 0.15) is 0 Å². The molecule has 0 bridgehead atoms. The lowest BCUT2D eigenvalue weighted by Gasteiger charge is -2.30. The fourth-order valence-corrected chi connectivity index (χ4v) is 0.785. The van der Waals surface area contributed by atoms with Crippen molar-refractivity contribution in [2.45, 2.75) is 12.3 Å². The predicted octanol–water partition coefficient (Wildman–Crippen LogP) is 1.53. The molecule has 6 heteroatoms. The van der Waals surface area contributed by atoms with Crippen LogP contribution in [0, 0.1) is 5.92 Å². The molecule has 1 heterocycles. The van der Waals surface area contributed by atoms with E-state index < -0.39 is 18.3 Å². The molecule has 0 saturated carbocycles. The van der Waals surface area contributed by atoms with Crippen LogP contribution in [0.3, 0.4) is 0 Å². The third-order valence-electron chi connectivity index (χ3n) is 1.54. The molecule has 0 aromatic heterocycles. The van der Waals surface area contributed by atoms with Crippen LogP contribution in [-0.4, -0.2) is 25.4 Å². The highest BCUT2D eigenvalue weighted by atomic mass is 35.5. The van der Waals surface area contributed by atoms with Crippen molar-refractivity contribution in [3.05, 3.63) is 0 Å². The van der Waals surface area contributed by atoms with E-state index in [0.717, 1.165) is 0 Å². The van der Waals surface area contributed by atoms with Crippen molar-refractivity contribution in [2.75, 3.05) is 13.1 Å². The van der Waals surface area contributed by atoms with Gasteiger partial charge in [-0.2, -0.15) is 13.2 Å². The Balaban J connectivity index is 0.000001000. The maximum Gasteiger partial charge on any atom is 0.420 e. The van der Waals surface area contributed by atoms with Crippen LogP contribution < -0.4 is 5.32 Å². The Bertz CT molecular complexity index is 122. The van der Waals surface area contributed by atoms with Gasteiger partial charge in [0.05, 0.1) is 0 Å². The molecule has 0 amide bonds. The topological polar surface area (TPSA) is 12.0 Å². The molecule has 1 aliphatic rings. The Hall–Kier alpha value is -0.0300. The number of nitrogens with one attached hydrogen (secondary N) is 1. The van der Waals surface area contributed by atoms with Crippen molar-refractivity contribution < 1.29 is 17.6 Å². The van der Waals surface area contributed by atoms with Gasteiger partial charge in [-0.1, -0.05) is 0 Å². The minimum Gasteiger partial charge on any atom is -0.316 e. The Morgan fingerprint density at radius 3 is 1.82 bits per heavy atom. The average molecular weight is 194 g/mol. The normalized spacial score (nSPS) is 21.8. The SMILES string of the molecule is Cl.FC(C1CNC1)C(F)(F)F. The molecule has 1 N–H and O–H groups in total. The Labute approximate surface area is 67.6 Å². The molecule has 1 saturated heterocycles. The van der Waals surface area contributed by atoms with Gasteiger partial charge in [0, 0.05) is 19.0 Å². The van der Waals surface area contributed by atoms with Crippen LogP contribution in [0.2, 0.25) is 0 Å². The number of hydrogen-bond donors (Lipinski definition) is 1. The van der Waals surface area contributed by atoms with Crippen molar-refractivity contribution >= 4 is 12.4 Å². The third kappa shape index (κ3) is 2.48. The van der Waals surface area contributed by atoms with E-state index in [-0.39, 0.29) is 25.5 Å². The smallest absolute Gasteiger partial charge is 0.316 e. The number of hydrogen-bond acceptors (Lipinski definition) is 1. The molecule has 0 aromatic carbocycles. The largest absolute Gasteiger partial charge is 0.420 e. The summed E-state index contributed by atoms with van der Waals surface area (Å²) < 4.78 is 46.7. The zero-order valence-corrected chi connectivity index (χ0v) is 6.31. The predicted molar refractivity (Wildman–Crippen MR) is 34.6 cm³/mol. The summed E-state index contributed by atoms with van der Waals surface area (Å²) in [6, 6.07) is 0. The fraction of sp³-hybridized carbons (Fsp3) is 1.00. The zero-order valence-electron chi connectivity index (χ0n) is 5.49. The second-order valence-electron chi connectivity index (χ2n) is 2.36. The van der Waals surface area contributed by atoms with Crippen LogP contribution in [0.25, 0.3) is 0 Å². The number of alkyl halides is 4. The van der Waals surface area contributed by atoms with Gasteiger partial charge in [-0.15, -0.1) is 12.4 Å². The first-order chi connectivity index (χ1) is 4.52. The van der Waals surface area contributed by atoms with Gasteiger partial charge in [0.2, 0.25) is 6.17 Å². The molecular formula is C5H8ClF4N. The highest BCUT2D eigenvalue weighted by Gasteiger charge is 2.47.